The number of methoxy groups -OCH3 is 1. The van der Waals surface area contributed by atoms with Crippen LogP contribution in [-0.4, -0.2) is 38.6 Å². The molecule has 1 amide bonds. The number of nitrogens with zero attached hydrogens (tertiary/aromatic N) is 1. The number of aryl methyl sites for hydroxylation is 1. The minimum Gasteiger partial charge on any atom is -0.497 e. The van der Waals surface area contributed by atoms with E-state index in [0.717, 1.165) is 15.4 Å². The van der Waals surface area contributed by atoms with E-state index >= 15 is 0 Å². The lowest BCUT2D eigenvalue weighted by Gasteiger charge is -2.35. The van der Waals surface area contributed by atoms with Crippen LogP contribution in [-0.2, 0) is 14.8 Å². The highest BCUT2D eigenvalue weighted by atomic mass is 32.2. The first-order valence-corrected chi connectivity index (χ1v) is 9.89. The number of sulfonamides is 1. The van der Waals surface area contributed by atoms with Crippen molar-refractivity contribution in [3.63, 3.8) is 0 Å². The zero-order chi connectivity index (χ0) is 19.6. The van der Waals surface area contributed by atoms with Gasteiger partial charge in [0.15, 0.2) is 0 Å². The van der Waals surface area contributed by atoms with Gasteiger partial charge in [-0.1, -0.05) is 36.4 Å². The molecule has 0 spiro atoms. The largest absolute Gasteiger partial charge is 0.497 e. The number of cyclic esters (lactones) is 1. The summed E-state index contributed by atoms with van der Waals surface area (Å²) in [7, 11) is -2.50. The number of hydrogen-bond donors (Lipinski definition) is 0. The van der Waals surface area contributed by atoms with Crippen molar-refractivity contribution in [3.05, 3.63) is 66.2 Å². The molecule has 1 atom stereocenters. The maximum atomic E-state index is 13.1. The average molecular weight is 387 g/mol. The third kappa shape index (κ3) is 3.68. The van der Waals surface area contributed by atoms with E-state index in [4.69, 9.17) is 9.47 Å². The van der Waals surface area contributed by atoms with Gasteiger partial charge >= 0.3 is 6.09 Å². The van der Waals surface area contributed by atoms with Gasteiger partial charge < -0.3 is 9.47 Å². The second-order valence-corrected chi connectivity index (χ2v) is 8.10. The zero-order valence-corrected chi connectivity index (χ0v) is 16.0. The van der Waals surface area contributed by atoms with E-state index in [-0.39, 0.29) is 11.5 Å². The fraction of sp³-hybridized carbons (Fsp3) is 0.250. The van der Waals surface area contributed by atoms with E-state index in [1.54, 1.807) is 43.5 Å². The summed E-state index contributed by atoms with van der Waals surface area (Å²) in [5.74, 6) is 0.679. The van der Waals surface area contributed by atoms with E-state index in [1.807, 2.05) is 6.92 Å². The fourth-order valence-corrected chi connectivity index (χ4v) is 4.49. The molecule has 6 nitrogen and oxygen atoms in total. The molecule has 7 heteroatoms. The summed E-state index contributed by atoms with van der Waals surface area (Å²) in [5, 5.41) is 0. The van der Waals surface area contributed by atoms with Crippen molar-refractivity contribution in [2.75, 3.05) is 13.7 Å². The monoisotopic (exact) mass is 387 g/mol. The molecule has 0 aromatic heterocycles. The molecular weight excluding hydrogens is 366 g/mol. The number of hydrogen-bond acceptors (Lipinski definition) is 5. The Hall–Kier alpha value is -2.80. The topological polar surface area (TPSA) is 72.9 Å². The molecule has 1 aliphatic rings. The maximum absolute atomic E-state index is 13.1. The number of rotatable bonds is 5. The first-order chi connectivity index (χ1) is 12.8. The first-order valence-electron chi connectivity index (χ1n) is 8.45. The summed E-state index contributed by atoms with van der Waals surface area (Å²) in [6, 6.07) is 12.7. The minimum absolute atomic E-state index is 0.0412. The van der Waals surface area contributed by atoms with Crippen LogP contribution in [0.2, 0.25) is 0 Å². The summed E-state index contributed by atoms with van der Waals surface area (Å²) < 4.78 is 37.2. The summed E-state index contributed by atoms with van der Waals surface area (Å²) in [6.07, 6.45) is -0.552. The van der Waals surface area contributed by atoms with Gasteiger partial charge in [0, 0.05) is 6.42 Å². The molecule has 1 heterocycles. The normalized spacial score (nSPS) is 17.3. The predicted molar refractivity (Wildman–Crippen MR) is 102 cm³/mol. The Balaban J connectivity index is 1.98. The molecule has 0 N–H and O–H groups in total. The molecule has 1 fully saturated rings. The molecule has 1 saturated heterocycles. The highest BCUT2D eigenvalue weighted by Gasteiger charge is 2.41. The van der Waals surface area contributed by atoms with Crippen molar-refractivity contribution in [1.29, 1.82) is 0 Å². The second-order valence-electron chi connectivity index (χ2n) is 6.29. The Kier molecular flexibility index (Phi) is 5.23. The molecule has 0 aliphatic carbocycles. The lowest BCUT2D eigenvalue weighted by molar-refractivity contribution is 0.0903. The van der Waals surface area contributed by atoms with Gasteiger partial charge in [-0.15, -0.1) is 0 Å². The molecule has 1 aliphatic heterocycles. The Labute approximate surface area is 159 Å². The number of benzene rings is 2. The van der Waals surface area contributed by atoms with Crippen LogP contribution >= 0.6 is 0 Å². The van der Waals surface area contributed by atoms with E-state index in [2.05, 4.69) is 6.58 Å². The third-order valence-corrected chi connectivity index (χ3v) is 6.31. The van der Waals surface area contributed by atoms with Gasteiger partial charge in [0.05, 0.1) is 24.7 Å². The molecule has 3 rings (SSSR count). The van der Waals surface area contributed by atoms with Gasteiger partial charge in [-0.25, -0.2) is 13.2 Å². The quantitative estimate of drug-likeness (QED) is 0.784. The van der Waals surface area contributed by atoms with Gasteiger partial charge in [0.2, 0.25) is 0 Å². The number of carbonyl (C=O) groups excluding carboxylic acids is 1. The molecule has 27 heavy (non-hydrogen) atoms. The van der Waals surface area contributed by atoms with Crippen molar-refractivity contribution in [2.45, 2.75) is 24.3 Å². The molecular formula is C20H21NO5S. The van der Waals surface area contributed by atoms with E-state index in [9.17, 15) is 13.2 Å². The Morgan fingerprint density at radius 3 is 2.37 bits per heavy atom. The van der Waals surface area contributed by atoms with Crippen LogP contribution in [0.3, 0.4) is 0 Å². The second kappa shape index (κ2) is 7.44. The van der Waals surface area contributed by atoms with Gasteiger partial charge in [-0.05, 0) is 42.3 Å². The van der Waals surface area contributed by atoms with E-state index in [1.165, 1.54) is 12.1 Å². The molecule has 2 aromatic carbocycles. The summed E-state index contributed by atoms with van der Waals surface area (Å²) in [5.41, 5.74) is 2.19. The van der Waals surface area contributed by atoms with Crippen LogP contribution in [0.15, 0.2) is 60.0 Å². The summed E-state index contributed by atoms with van der Waals surface area (Å²) in [6.45, 7) is 6.05. The van der Waals surface area contributed by atoms with Crippen molar-refractivity contribution in [1.82, 2.24) is 4.31 Å². The van der Waals surface area contributed by atoms with Crippen LogP contribution in [0, 0.1) is 6.92 Å². The lowest BCUT2D eigenvalue weighted by Crippen LogP contribution is -2.49. The van der Waals surface area contributed by atoms with Crippen LogP contribution < -0.4 is 4.74 Å². The lowest BCUT2D eigenvalue weighted by atomic mass is 9.97. The molecule has 1 unspecified atom stereocenters. The highest BCUT2D eigenvalue weighted by Crippen LogP contribution is 2.32. The summed E-state index contributed by atoms with van der Waals surface area (Å²) in [4.78, 5) is 12.4. The Morgan fingerprint density at radius 2 is 1.78 bits per heavy atom. The number of amides is 1. The van der Waals surface area contributed by atoms with Gasteiger partial charge in [-0.2, -0.15) is 4.31 Å². The van der Waals surface area contributed by atoms with Gasteiger partial charge in [-0.3, -0.25) is 0 Å². The molecule has 0 bridgehead atoms. The Morgan fingerprint density at radius 1 is 1.15 bits per heavy atom. The molecule has 0 saturated carbocycles. The predicted octanol–water partition coefficient (Wildman–Crippen LogP) is 3.62. The Bertz CT molecular complexity index is 949. The standard InChI is InChI=1S/C20H21NO5S/c1-14-4-10-18(11-5-14)27(23,24)21-19(12-13-26-20(21)22)15(2)16-6-8-17(25-3)9-7-16/h4-11,19H,2,12-13H2,1,3H3. The van der Waals surface area contributed by atoms with Crippen LogP contribution in [0.4, 0.5) is 4.79 Å². The third-order valence-electron chi connectivity index (χ3n) is 4.52. The van der Waals surface area contributed by atoms with E-state index in [0.29, 0.717) is 17.7 Å². The van der Waals surface area contributed by atoms with Crippen molar-refractivity contribution in [2.24, 2.45) is 0 Å². The number of carbonyl (C=O) groups is 1. The van der Waals surface area contributed by atoms with Crippen LogP contribution in [0.25, 0.3) is 5.57 Å². The van der Waals surface area contributed by atoms with Crippen LogP contribution in [0.5, 0.6) is 5.75 Å². The van der Waals surface area contributed by atoms with Gasteiger partial charge in [0.25, 0.3) is 10.0 Å². The smallest absolute Gasteiger partial charge is 0.424 e. The van der Waals surface area contributed by atoms with Gasteiger partial charge in [0.1, 0.15) is 5.75 Å². The minimum atomic E-state index is -4.07. The highest BCUT2D eigenvalue weighted by molar-refractivity contribution is 7.89. The molecule has 0 radical (unpaired) electrons. The van der Waals surface area contributed by atoms with Crippen LogP contribution in [0.1, 0.15) is 17.5 Å². The SMILES string of the molecule is C=C(c1ccc(OC)cc1)C1CCOC(=O)N1S(=O)(=O)c1ccc(C)cc1. The fourth-order valence-electron chi connectivity index (χ4n) is 2.97. The van der Waals surface area contributed by atoms with Crippen molar-refractivity contribution in [3.8, 4) is 5.75 Å². The average Bonchev–Trinajstić information content (AvgIpc) is 2.67. The number of ether oxygens (including phenoxy) is 2. The molecule has 142 valence electrons. The first kappa shape index (κ1) is 19.0. The van der Waals surface area contributed by atoms with Crippen molar-refractivity contribution < 1.29 is 22.7 Å². The molecule has 2 aromatic rings. The zero-order valence-electron chi connectivity index (χ0n) is 15.2. The van der Waals surface area contributed by atoms with Crippen molar-refractivity contribution >= 4 is 21.7 Å². The maximum Gasteiger partial charge on any atom is 0.424 e. The summed E-state index contributed by atoms with van der Waals surface area (Å²) >= 11 is 0. The van der Waals surface area contributed by atoms with E-state index < -0.39 is 22.2 Å².